The molecule has 3 nitrogen and oxygen atoms in total. The monoisotopic (exact) mass is 328 g/mol. The van der Waals surface area contributed by atoms with Crippen LogP contribution in [-0.2, 0) is 17.9 Å². The van der Waals surface area contributed by atoms with Gasteiger partial charge in [0.1, 0.15) is 5.82 Å². The molecule has 128 valence electrons. The van der Waals surface area contributed by atoms with Crippen LogP contribution < -0.4 is 0 Å². The van der Waals surface area contributed by atoms with Gasteiger partial charge in [0.2, 0.25) is 5.91 Å². The molecule has 1 unspecified atom stereocenters. The van der Waals surface area contributed by atoms with Gasteiger partial charge in [-0.15, -0.1) is 0 Å². The van der Waals surface area contributed by atoms with Gasteiger partial charge in [-0.25, -0.2) is 4.39 Å². The number of rotatable bonds is 7. The molecule has 0 radical (unpaired) electrons. The Morgan fingerprint density at radius 3 is 2.29 bits per heavy atom. The van der Waals surface area contributed by atoms with Gasteiger partial charge in [-0.05, 0) is 32.5 Å². The minimum atomic E-state index is -0.312. The Hall–Kier alpha value is -2.20. The van der Waals surface area contributed by atoms with Crippen molar-refractivity contribution in [1.82, 2.24) is 9.80 Å². The average Bonchev–Trinajstić information content (AvgIpc) is 2.61. The Morgan fingerprint density at radius 2 is 1.67 bits per heavy atom. The van der Waals surface area contributed by atoms with E-state index in [1.165, 1.54) is 6.07 Å². The molecule has 1 atom stereocenters. The lowest BCUT2D eigenvalue weighted by Crippen LogP contribution is -2.45. The van der Waals surface area contributed by atoms with Crippen molar-refractivity contribution < 1.29 is 9.18 Å². The van der Waals surface area contributed by atoms with E-state index in [-0.39, 0.29) is 17.8 Å². The minimum Gasteiger partial charge on any atom is -0.337 e. The van der Waals surface area contributed by atoms with E-state index in [0.717, 1.165) is 5.56 Å². The molecule has 2 aromatic rings. The second kappa shape index (κ2) is 8.60. The van der Waals surface area contributed by atoms with Crippen molar-refractivity contribution in [2.75, 3.05) is 13.6 Å². The minimum absolute atomic E-state index is 0.0557. The number of likely N-dealkylation sites (N-methyl/N-ethyl adjacent to an activating group) is 2. The first-order chi connectivity index (χ1) is 11.5. The third kappa shape index (κ3) is 4.65. The molecule has 0 aliphatic carbocycles. The van der Waals surface area contributed by atoms with Crippen molar-refractivity contribution in [2.24, 2.45) is 0 Å². The van der Waals surface area contributed by atoms with E-state index in [1.807, 2.05) is 67.1 Å². The van der Waals surface area contributed by atoms with Crippen molar-refractivity contribution in [3.05, 3.63) is 71.5 Å². The van der Waals surface area contributed by atoms with Crippen LogP contribution in [0.25, 0.3) is 0 Å². The lowest BCUT2D eigenvalue weighted by molar-refractivity contribution is -0.136. The standard InChI is InChI=1S/C20H25FN2O/c1-4-23(14-17-10-6-5-7-11-17)20(24)16(2)22(3)15-18-12-8-9-13-19(18)21/h5-13,16H,4,14-15H2,1-3H3. The van der Waals surface area contributed by atoms with E-state index in [9.17, 15) is 9.18 Å². The highest BCUT2D eigenvalue weighted by Gasteiger charge is 2.23. The van der Waals surface area contributed by atoms with Gasteiger partial charge in [0.25, 0.3) is 0 Å². The van der Waals surface area contributed by atoms with Crippen LogP contribution in [0.1, 0.15) is 25.0 Å². The van der Waals surface area contributed by atoms with Gasteiger partial charge >= 0.3 is 0 Å². The number of amides is 1. The molecule has 0 saturated heterocycles. The van der Waals surface area contributed by atoms with E-state index in [4.69, 9.17) is 0 Å². The van der Waals surface area contributed by atoms with Crippen LogP contribution in [0.4, 0.5) is 4.39 Å². The highest BCUT2D eigenvalue weighted by molar-refractivity contribution is 5.81. The van der Waals surface area contributed by atoms with Crippen LogP contribution in [-0.4, -0.2) is 35.3 Å². The molecule has 0 aliphatic heterocycles. The molecule has 0 spiro atoms. The van der Waals surface area contributed by atoms with Gasteiger partial charge < -0.3 is 4.90 Å². The Bertz CT molecular complexity index is 660. The molecule has 0 N–H and O–H groups in total. The zero-order chi connectivity index (χ0) is 17.5. The number of nitrogens with zero attached hydrogens (tertiary/aromatic N) is 2. The van der Waals surface area contributed by atoms with Gasteiger partial charge in [-0.3, -0.25) is 9.69 Å². The third-order valence-electron chi connectivity index (χ3n) is 4.31. The van der Waals surface area contributed by atoms with Crippen molar-refractivity contribution >= 4 is 5.91 Å². The van der Waals surface area contributed by atoms with Crippen molar-refractivity contribution in [3.8, 4) is 0 Å². The molecule has 24 heavy (non-hydrogen) atoms. The SMILES string of the molecule is CCN(Cc1ccccc1)C(=O)C(C)N(C)Cc1ccccc1F. The van der Waals surface area contributed by atoms with E-state index in [0.29, 0.717) is 25.2 Å². The second-order valence-electron chi connectivity index (χ2n) is 6.02. The summed E-state index contributed by atoms with van der Waals surface area (Å²) in [5, 5.41) is 0. The maximum absolute atomic E-state index is 13.8. The van der Waals surface area contributed by atoms with Crippen LogP contribution in [0.3, 0.4) is 0 Å². The van der Waals surface area contributed by atoms with Gasteiger partial charge in [0.15, 0.2) is 0 Å². The van der Waals surface area contributed by atoms with Crippen molar-refractivity contribution in [2.45, 2.75) is 33.0 Å². The third-order valence-corrected chi connectivity index (χ3v) is 4.31. The molecule has 0 aromatic heterocycles. The lowest BCUT2D eigenvalue weighted by atomic mass is 10.1. The summed E-state index contributed by atoms with van der Waals surface area (Å²) in [5.74, 6) is -0.180. The quantitative estimate of drug-likeness (QED) is 0.774. The summed E-state index contributed by atoms with van der Waals surface area (Å²) < 4.78 is 13.8. The van der Waals surface area contributed by atoms with E-state index in [2.05, 4.69) is 0 Å². The summed E-state index contributed by atoms with van der Waals surface area (Å²) in [6, 6.07) is 16.3. The fraction of sp³-hybridized carbons (Fsp3) is 0.350. The van der Waals surface area contributed by atoms with Crippen LogP contribution in [0.2, 0.25) is 0 Å². The van der Waals surface area contributed by atoms with Crippen molar-refractivity contribution in [1.29, 1.82) is 0 Å². The molecule has 1 amide bonds. The Labute approximate surface area is 143 Å². The van der Waals surface area contributed by atoms with Gasteiger partial charge in [0, 0.05) is 25.2 Å². The summed E-state index contributed by atoms with van der Waals surface area (Å²) in [5.41, 5.74) is 1.71. The molecule has 0 bridgehead atoms. The fourth-order valence-corrected chi connectivity index (χ4v) is 2.63. The Kier molecular flexibility index (Phi) is 6.50. The molecule has 4 heteroatoms. The zero-order valence-electron chi connectivity index (χ0n) is 14.6. The van der Waals surface area contributed by atoms with Crippen molar-refractivity contribution in [3.63, 3.8) is 0 Å². The van der Waals surface area contributed by atoms with E-state index in [1.54, 1.807) is 12.1 Å². The molecule has 2 aromatic carbocycles. The second-order valence-corrected chi connectivity index (χ2v) is 6.02. The molecule has 0 heterocycles. The van der Waals surface area contributed by atoms with E-state index < -0.39 is 0 Å². The van der Waals surface area contributed by atoms with E-state index >= 15 is 0 Å². The zero-order valence-corrected chi connectivity index (χ0v) is 14.6. The topological polar surface area (TPSA) is 23.6 Å². The predicted octanol–water partition coefficient (Wildman–Crippen LogP) is 3.69. The highest BCUT2D eigenvalue weighted by Crippen LogP contribution is 2.13. The Morgan fingerprint density at radius 1 is 1.04 bits per heavy atom. The average molecular weight is 328 g/mol. The number of hydrogen-bond acceptors (Lipinski definition) is 2. The molecule has 2 rings (SSSR count). The van der Waals surface area contributed by atoms with Crippen LogP contribution in [0, 0.1) is 5.82 Å². The summed E-state index contributed by atoms with van der Waals surface area (Å²) >= 11 is 0. The summed E-state index contributed by atoms with van der Waals surface area (Å²) in [4.78, 5) is 16.5. The number of benzene rings is 2. The summed E-state index contributed by atoms with van der Waals surface area (Å²) in [6.07, 6.45) is 0. The lowest BCUT2D eigenvalue weighted by Gasteiger charge is -2.30. The summed E-state index contributed by atoms with van der Waals surface area (Å²) in [7, 11) is 1.85. The normalized spacial score (nSPS) is 12.2. The number of hydrogen-bond donors (Lipinski definition) is 0. The first-order valence-corrected chi connectivity index (χ1v) is 8.29. The van der Waals surface area contributed by atoms with Crippen LogP contribution >= 0.6 is 0 Å². The summed E-state index contributed by atoms with van der Waals surface area (Å²) in [6.45, 7) is 5.49. The molecule has 0 aliphatic rings. The number of carbonyl (C=O) groups is 1. The van der Waals surface area contributed by atoms with Crippen LogP contribution in [0.15, 0.2) is 54.6 Å². The smallest absolute Gasteiger partial charge is 0.239 e. The first-order valence-electron chi connectivity index (χ1n) is 8.29. The molecule has 0 fully saturated rings. The molecular formula is C20H25FN2O. The van der Waals surface area contributed by atoms with Gasteiger partial charge in [0.05, 0.1) is 6.04 Å². The maximum atomic E-state index is 13.8. The van der Waals surface area contributed by atoms with Gasteiger partial charge in [-0.1, -0.05) is 48.5 Å². The Balaban J connectivity index is 2.02. The highest BCUT2D eigenvalue weighted by atomic mass is 19.1. The van der Waals surface area contributed by atoms with Crippen LogP contribution in [0.5, 0.6) is 0 Å². The molecule has 0 saturated carbocycles. The molecular weight excluding hydrogens is 303 g/mol. The maximum Gasteiger partial charge on any atom is 0.239 e. The number of halogens is 1. The number of carbonyl (C=O) groups excluding carboxylic acids is 1. The first kappa shape index (κ1) is 18.1. The van der Waals surface area contributed by atoms with Gasteiger partial charge in [-0.2, -0.15) is 0 Å². The fourth-order valence-electron chi connectivity index (χ4n) is 2.63. The largest absolute Gasteiger partial charge is 0.337 e. The predicted molar refractivity (Wildman–Crippen MR) is 94.9 cm³/mol.